The lowest BCUT2D eigenvalue weighted by atomic mass is 10.1. The zero-order chi connectivity index (χ0) is 19.6. The first-order chi connectivity index (χ1) is 12.9. The topological polar surface area (TPSA) is 67.9 Å². The summed E-state index contributed by atoms with van der Waals surface area (Å²) in [5.74, 6) is -2.03. The average molecular weight is 376 g/mol. The van der Waals surface area contributed by atoms with Crippen molar-refractivity contribution in [1.82, 2.24) is 0 Å². The molecule has 2 amide bonds. The molecule has 1 fully saturated rings. The number of hydrogen-bond acceptors (Lipinski definition) is 4. The van der Waals surface area contributed by atoms with Crippen LogP contribution in [0.4, 0.5) is 20.2 Å². The molecule has 6 nitrogen and oxygen atoms in total. The number of ether oxygens (including phenoxy) is 2. The second-order valence-electron chi connectivity index (χ2n) is 6.06. The van der Waals surface area contributed by atoms with Crippen LogP contribution >= 0.6 is 0 Å². The summed E-state index contributed by atoms with van der Waals surface area (Å²) in [5.41, 5.74) is 0.390. The summed E-state index contributed by atoms with van der Waals surface area (Å²) in [5, 5.41) is 2.41. The zero-order valence-electron chi connectivity index (χ0n) is 14.8. The minimum atomic E-state index is -0.874. The van der Waals surface area contributed by atoms with Gasteiger partial charge in [0.2, 0.25) is 11.8 Å². The van der Waals surface area contributed by atoms with Gasteiger partial charge in [0.15, 0.2) is 0 Å². The Kier molecular flexibility index (Phi) is 5.25. The van der Waals surface area contributed by atoms with Crippen molar-refractivity contribution in [3.05, 3.63) is 48.0 Å². The minimum absolute atomic E-state index is 0.0240. The van der Waals surface area contributed by atoms with Gasteiger partial charge >= 0.3 is 0 Å². The summed E-state index contributed by atoms with van der Waals surface area (Å²) in [6.45, 7) is 0.121. The highest BCUT2D eigenvalue weighted by Crippen LogP contribution is 2.36. The fourth-order valence-corrected chi connectivity index (χ4v) is 2.95. The third-order valence-corrected chi connectivity index (χ3v) is 4.36. The van der Waals surface area contributed by atoms with E-state index in [0.29, 0.717) is 23.3 Å². The van der Waals surface area contributed by atoms with Crippen molar-refractivity contribution in [2.75, 3.05) is 31.0 Å². The van der Waals surface area contributed by atoms with Crippen LogP contribution in [0.3, 0.4) is 0 Å². The third kappa shape index (κ3) is 3.84. The summed E-state index contributed by atoms with van der Waals surface area (Å²) in [6.07, 6.45) is -0.0240. The van der Waals surface area contributed by atoms with Gasteiger partial charge in [-0.1, -0.05) is 0 Å². The molecule has 0 spiro atoms. The molecule has 1 saturated heterocycles. The maximum absolute atomic E-state index is 13.7. The number of rotatable bonds is 5. The van der Waals surface area contributed by atoms with Crippen LogP contribution in [-0.4, -0.2) is 32.6 Å². The smallest absolute Gasteiger partial charge is 0.229 e. The van der Waals surface area contributed by atoms with Crippen molar-refractivity contribution in [3.8, 4) is 11.5 Å². The van der Waals surface area contributed by atoms with E-state index in [9.17, 15) is 18.4 Å². The van der Waals surface area contributed by atoms with E-state index in [2.05, 4.69) is 5.32 Å². The maximum atomic E-state index is 13.7. The van der Waals surface area contributed by atoms with Crippen LogP contribution in [0, 0.1) is 17.6 Å². The van der Waals surface area contributed by atoms with Crippen molar-refractivity contribution in [3.63, 3.8) is 0 Å². The monoisotopic (exact) mass is 376 g/mol. The summed E-state index contributed by atoms with van der Waals surface area (Å²) >= 11 is 0. The number of anilines is 2. The second-order valence-corrected chi connectivity index (χ2v) is 6.06. The molecule has 1 N–H and O–H groups in total. The van der Waals surface area contributed by atoms with E-state index in [0.717, 1.165) is 12.1 Å². The van der Waals surface area contributed by atoms with E-state index in [-0.39, 0.29) is 24.6 Å². The number of benzene rings is 2. The molecule has 2 aromatic rings. The summed E-state index contributed by atoms with van der Waals surface area (Å²) in [4.78, 5) is 26.3. The van der Waals surface area contributed by atoms with Crippen LogP contribution in [0.25, 0.3) is 0 Å². The van der Waals surface area contributed by atoms with Gasteiger partial charge in [0.1, 0.15) is 23.1 Å². The van der Waals surface area contributed by atoms with Crippen molar-refractivity contribution in [1.29, 1.82) is 0 Å². The van der Waals surface area contributed by atoms with E-state index in [4.69, 9.17) is 9.47 Å². The predicted molar refractivity (Wildman–Crippen MR) is 95.0 cm³/mol. The van der Waals surface area contributed by atoms with Gasteiger partial charge in [0.25, 0.3) is 0 Å². The molecule has 0 saturated carbocycles. The molecule has 0 aliphatic carbocycles. The third-order valence-electron chi connectivity index (χ3n) is 4.36. The largest absolute Gasteiger partial charge is 0.497 e. The SMILES string of the molecule is COc1ccc(N2CC(C(=O)Nc3ccc(F)cc3F)CC2=O)c(OC)c1. The van der Waals surface area contributed by atoms with E-state index in [1.54, 1.807) is 18.2 Å². The zero-order valence-corrected chi connectivity index (χ0v) is 14.8. The molecule has 0 aromatic heterocycles. The Morgan fingerprint density at radius 3 is 2.59 bits per heavy atom. The molecule has 1 unspecified atom stereocenters. The Balaban J connectivity index is 1.76. The molecule has 3 rings (SSSR count). The van der Waals surface area contributed by atoms with Crippen molar-refractivity contribution < 1.29 is 27.8 Å². The van der Waals surface area contributed by atoms with Crippen LogP contribution in [0.1, 0.15) is 6.42 Å². The van der Waals surface area contributed by atoms with E-state index in [1.807, 2.05) is 0 Å². The van der Waals surface area contributed by atoms with Gasteiger partial charge in [-0.05, 0) is 24.3 Å². The van der Waals surface area contributed by atoms with Crippen LogP contribution in [0.5, 0.6) is 11.5 Å². The van der Waals surface area contributed by atoms with Crippen LogP contribution < -0.4 is 19.7 Å². The molecule has 1 heterocycles. The summed E-state index contributed by atoms with van der Waals surface area (Å²) < 4.78 is 37.1. The van der Waals surface area contributed by atoms with Gasteiger partial charge in [-0.2, -0.15) is 0 Å². The Morgan fingerprint density at radius 2 is 1.93 bits per heavy atom. The van der Waals surface area contributed by atoms with Crippen molar-refractivity contribution in [2.24, 2.45) is 5.92 Å². The van der Waals surface area contributed by atoms with E-state index >= 15 is 0 Å². The molecule has 2 aromatic carbocycles. The van der Waals surface area contributed by atoms with Gasteiger partial charge < -0.3 is 19.7 Å². The summed E-state index contributed by atoms with van der Waals surface area (Å²) in [6, 6.07) is 7.88. The Morgan fingerprint density at radius 1 is 1.15 bits per heavy atom. The number of nitrogens with zero attached hydrogens (tertiary/aromatic N) is 1. The number of nitrogens with one attached hydrogen (secondary N) is 1. The molecule has 1 aliphatic rings. The second kappa shape index (κ2) is 7.61. The van der Waals surface area contributed by atoms with Gasteiger partial charge in [-0.25, -0.2) is 8.78 Å². The van der Waals surface area contributed by atoms with Crippen LogP contribution in [-0.2, 0) is 9.59 Å². The normalized spacial score (nSPS) is 16.4. The Labute approximate surface area is 154 Å². The quantitative estimate of drug-likeness (QED) is 0.871. The highest BCUT2D eigenvalue weighted by Gasteiger charge is 2.36. The molecule has 27 heavy (non-hydrogen) atoms. The van der Waals surface area contributed by atoms with Crippen molar-refractivity contribution in [2.45, 2.75) is 6.42 Å². The molecule has 0 bridgehead atoms. The highest BCUT2D eigenvalue weighted by atomic mass is 19.1. The predicted octanol–water partition coefficient (Wildman–Crippen LogP) is 2.97. The number of amides is 2. The number of hydrogen-bond donors (Lipinski definition) is 1. The first-order valence-electron chi connectivity index (χ1n) is 8.21. The fourth-order valence-electron chi connectivity index (χ4n) is 2.95. The highest BCUT2D eigenvalue weighted by molar-refractivity contribution is 6.04. The fraction of sp³-hybridized carbons (Fsp3) is 0.263. The lowest BCUT2D eigenvalue weighted by molar-refractivity contribution is -0.122. The van der Waals surface area contributed by atoms with Gasteiger partial charge in [-0.15, -0.1) is 0 Å². The molecule has 142 valence electrons. The van der Waals surface area contributed by atoms with Gasteiger partial charge in [0, 0.05) is 25.1 Å². The number of halogens is 2. The van der Waals surface area contributed by atoms with Gasteiger partial charge in [-0.3, -0.25) is 9.59 Å². The summed E-state index contributed by atoms with van der Waals surface area (Å²) in [7, 11) is 2.99. The minimum Gasteiger partial charge on any atom is -0.497 e. The average Bonchev–Trinajstić information content (AvgIpc) is 3.05. The Bertz CT molecular complexity index is 888. The van der Waals surface area contributed by atoms with E-state index in [1.165, 1.54) is 19.1 Å². The first kappa shape index (κ1) is 18.6. The lowest BCUT2D eigenvalue weighted by Crippen LogP contribution is -2.28. The maximum Gasteiger partial charge on any atom is 0.229 e. The molecule has 8 heteroatoms. The molecule has 1 atom stereocenters. The lowest BCUT2D eigenvalue weighted by Gasteiger charge is -2.20. The molecule has 1 aliphatic heterocycles. The van der Waals surface area contributed by atoms with Crippen LogP contribution in [0.15, 0.2) is 36.4 Å². The van der Waals surface area contributed by atoms with Crippen LogP contribution in [0.2, 0.25) is 0 Å². The molecular weight excluding hydrogens is 358 g/mol. The van der Waals surface area contributed by atoms with E-state index < -0.39 is 23.5 Å². The van der Waals surface area contributed by atoms with Gasteiger partial charge in [0.05, 0.1) is 31.5 Å². The Hall–Kier alpha value is -3.16. The first-order valence-corrected chi connectivity index (χ1v) is 8.21. The standard InChI is InChI=1S/C19H18F2N2O4/c1-26-13-4-6-16(17(9-13)27-2)23-10-11(7-18(23)24)19(25)22-15-5-3-12(20)8-14(15)21/h3-6,8-9,11H,7,10H2,1-2H3,(H,22,25). The number of methoxy groups -OCH3 is 2. The number of carbonyl (C=O) groups excluding carboxylic acids is 2. The number of carbonyl (C=O) groups is 2. The molecular formula is C19H18F2N2O4. The molecule has 0 radical (unpaired) electrons. The van der Waals surface area contributed by atoms with Crippen molar-refractivity contribution >= 4 is 23.2 Å².